The van der Waals surface area contributed by atoms with Gasteiger partial charge in [-0.2, -0.15) is 0 Å². The highest BCUT2D eigenvalue weighted by atomic mass is 28.4. The average molecular weight is 406 g/mol. The number of hydrogen-bond donors (Lipinski definition) is 1. The third-order valence-electron chi connectivity index (χ3n) is 6.86. The monoisotopic (exact) mass is 405 g/mol. The molecule has 2 rings (SSSR count). The van der Waals surface area contributed by atoms with Gasteiger partial charge >= 0.3 is 6.09 Å². The number of amides is 1. The predicted octanol–water partition coefficient (Wildman–Crippen LogP) is 6.13. The normalized spacial score (nSPS) is 21.6. The van der Waals surface area contributed by atoms with Crippen molar-refractivity contribution in [2.45, 2.75) is 83.5 Å². The van der Waals surface area contributed by atoms with Crippen molar-refractivity contribution < 1.29 is 14.3 Å². The zero-order chi connectivity index (χ0) is 21.2. The summed E-state index contributed by atoms with van der Waals surface area (Å²) in [4.78, 5) is 13.5. The van der Waals surface area contributed by atoms with Crippen molar-refractivity contribution in [1.82, 2.24) is 4.90 Å². The first-order chi connectivity index (χ1) is 12.8. The molecule has 0 aromatic heterocycles. The van der Waals surface area contributed by atoms with Gasteiger partial charge in [-0.15, -0.1) is 0 Å². The highest BCUT2D eigenvalue weighted by molar-refractivity contribution is 6.74. The summed E-state index contributed by atoms with van der Waals surface area (Å²) < 4.78 is 6.47. The van der Waals surface area contributed by atoms with Gasteiger partial charge in [-0.3, -0.25) is 0 Å². The topological polar surface area (TPSA) is 49.8 Å². The number of piperidine rings is 1. The van der Waals surface area contributed by atoms with Crippen LogP contribution in [0.25, 0.3) is 0 Å². The summed E-state index contributed by atoms with van der Waals surface area (Å²) in [5.41, 5.74) is 1.20. The molecule has 0 aliphatic carbocycles. The maximum absolute atomic E-state index is 11.8. The van der Waals surface area contributed by atoms with E-state index >= 15 is 0 Å². The van der Waals surface area contributed by atoms with Crippen molar-refractivity contribution in [3.63, 3.8) is 0 Å². The highest BCUT2D eigenvalue weighted by Gasteiger charge is 2.40. The summed E-state index contributed by atoms with van der Waals surface area (Å²) in [6.45, 7) is 17.2. The predicted molar refractivity (Wildman–Crippen MR) is 118 cm³/mol. The van der Waals surface area contributed by atoms with Gasteiger partial charge in [-0.1, -0.05) is 65.0 Å². The van der Waals surface area contributed by atoms with Crippen LogP contribution < -0.4 is 0 Å². The smallest absolute Gasteiger partial charge is 0.407 e. The average Bonchev–Trinajstić information content (AvgIpc) is 2.59. The molecule has 0 saturated carbocycles. The Hall–Kier alpha value is -1.33. The van der Waals surface area contributed by atoms with Crippen molar-refractivity contribution in [3.8, 4) is 0 Å². The van der Waals surface area contributed by atoms with Crippen molar-refractivity contribution in [2.24, 2.45) is 5.92 Å². The zero-order valence-corrected chi connectivity index (χ0v) is 19.8. The van der Waals surface area contributed by atoms with E-state index in [0.717, 1.165) is 25.9 Å². The van der Waals surface area contributed by atoms with Gasteiger partial charge in [0.25, 0.3) is 0 Å². The summed E-state index contributed by atoms with van der Waals surface area (Å²) in [6, 6.07) is 10.5. The van der Waals surface area contributed by atoms with Gasteiger partial charge in [0.2, 0.25) is 0 Å². The van der Waals surface area contributed by atoms with Crippen LogP contribution in [-0.2, 0) is 9.84 Å². The van der Waals surface area contributed by atoms with Crippen molar-refractivity contribution in [3.05, 3.63) is 35.9 Å². The third kappa shape index (κ3) is 5.60. The summed E-state index contributed by atoms with van der Waals surface area (Å²) in [5.74, 6) is 0.432. The van der Waals surface area contributed by atoms with Crippen LogP contribution in [0.3, 0.4) is 0 Å². The van der Waals surface area contributed by atoms with E-state index in [1.807, 2.05) is 6.07 Å². The lowest BCUT2D eigenvalue weighted by Crippen LogP contribution is -2.49. The fraction of sp³-hybridized carbons (Fsp3) is 0.696. The Morgan fingerprint density at radius 2 is 1.79 bits per heavy atom. The van der Waals surface area contributed by atoms with Gasteiger partial charge < -0.3 is 14.4 Å². The number of carboxylic acid groups (broad SMARTS) is 1. The zero-order valence-electron chi connectivity index (χ0n) is 18.8. The lowest BCUT2D eigenvalue weighted by atomic mass is 9.76. The molecule has 158 valence electrons. The Morgan fingerprint density at radius 1 is 1.18 bits per heavy atom. The number of nitrogens with zero attached hydrogens (tertiary/aromatic N) is 1. The molecule has 2 atom stereocenters. The lowest BCUT2D eigenvalue weighted by molar-refractivity contribution is 0.0631. The van der Waals surface area contributed by atoms with E-state index in [2.05, 4.69) is 72.0 Å². The van der Waals surface area contributed by atoms with Gasteiger partial charge in [-0.25, -0.2) is 4.79 Å². The molecule has 0 radical (unpaired) electrons. The molecule has 1 heterocycles. The number of benzene rings is 1. The van der Waals surface area contributed by atoms with E-state index < -0.39 is 14.4 Å². The third-order valence-corrected chi connectivity index (χ3v) is 11.4. The van der Waals surface area contributed by atoms with Crippen LogP contribution >= 0.6 is 0 Å². The Morgan fingerprint density at radius 3 is 2.32 bits per heavy atom. The number of hydrogen-bond acceptors (Lipinski definition) is 2. The Bertz CT molecular complexity index is 652. The van der Waals surface area contributed by atoms with E-state index in [1.54, 1.807) is 4.90 Å². The van der Waals surface area contributed by atoms with Crippen LogP contribution in [0, 0.1) is 5.92 Å². The lowest BCUT2D eigenvalue weighted by Gasteiger charge is -2.43. The fourth-order valence-corrected chi connectivity index (χ4v) is 4.96. The molecule has 0 spiro atoms. The molecular weight excluding hydrogens is 366 g/mol. The van der Waals surface area contributed by atoms with Crippen LogP contribution in [0.4, 0.5) is 4.79 Å². The van der Waals surface area contributed by atoms with Crippen LogP contribution in [0.2, 0.25) is 18.1 Å². The maximum atomic E-state index is 11.8. The first kappa shape index (κ1) is 23.0. The molecular formula is C23H39NO3Si. The number of likely N-dealkylation sites (tertiary alicyclic amines) is 1. The Kier molecular flexibility index (Phi) is 7.03. The Balaban J connectivity index is 2.08. The van der Waals surface area contributed by atoms with Crippen LogP contribution in [0.5, 0.6) is 0 Å². The summed E-state index contributed by atoms with van der Waals surface area (Å²) >= 11 is 0. The maximum Gasteiger partial charge on any atom is 0.407 e. The van der Waals surface area contributed by atoms with E-state index in [0.29, 0.717) is 12.5 Å². The standard InChI is InChI=1S/C23H39NO3Si/c1-22(2,3)28(6,7)27-17-18-13-14-24(21(25)26)20(15-18)16-23(4,5)19-11-9-8-10-12-19/h8-12,18,20H,13-17H2,1-7H3,(H,25,26). The van der Waals surface area contributed by atoms with E-state index in [-0.39, 0.29) is 16.5 Å². The highest BCUT2D eigenvalue weighted by Crippen LogP contribution is 2.39. The minimum Gasteiger partial charge on any atom is -0.465 e. The first-order valence-corrected chi connectivity index (χ1v) is 13.4. The van der Waals surface area contributed by atoms with Crippen LogP contribution in [-0.4, -0.2) is 43.6 Å². The molecule has 1 aliphatic rings. The molecule has 1 aromatic rings. The summed E-state index contributed by atoms with van der Waals surface area (Å²) in [6.07, 6.45) is 1.82. The molecule has 1 amide bonds. The van der Waals surface area contributed by atoms with Gasteiger partial charge in [0.15, 0.2) is 8.32 Å². The van der Waals surface area contributed by atoms with Crippen molar-refractivity contribution in [2.75, 3.05) is 13.2 Å². The fourth-order valence-electron chi connectivity index (χ4n) is 3.87. The number of carbonyl (C=O) groups is 1. The molecule has 28 heavy (non-hydrogen) atoms. The molecule has 1 aliphatic heterocycles. The molecule has 1 aromatic carbocycles. The van der Waals surface area contributed by atoms with E-state index in [4.69, 9.17) is 4.43 Å². The summed E-state index contributed by atoms with van der Waals surface area (Å²) in [5, 5.41) is 9.93. The minimum atomic E-state index is -1.78. The first-order valence-electron chi connectivity index (χ1n) is 10.5. The minimum absolute atomic E-state index is 0.0365. The second-order valence-electron chi connectivity index (χ2n) is 10.5. The van der Waals surface area contributed by atoms with E-state index in [1.165, 1.54) is 5.56 Å². The van der Waals surface area contributed by atoms with Gasteiger partial charge in [0, 0.05) is 19.2 Å². The van der Waals surface area contributed by atoms with Gasteiger partial charge in [0.05, 0.1) is 0 Å². The van der Waals surface area contributed by atoms with Crippen molar-refractivity contribution >= 4 is 14.4 Å². The molecule has 0 bridgehead atoms. The largest absolute Gasteiger partial charge is 0.465 e. The molecule has 1 fully saturated rings. The molecule has 2 unspecified atom stereocenters. The SMILES string of the molecule is CC(C)(CC1CC(CO[Si](C)(C)C(C)(C)C)CCN1C(=O)O)c1ccccc1. The van der Waals surface area contributed by atoms with Crippen LogP contribution in [0.15, 0.2) is 30.3 Å². The van der Waals surface area contributed by atoms with Gasteiger partial charge in [-0.05, 0) is 54.3 Å². The molecule has 5 heteroatoms. The second kappa shape index (κ2) is 8.58. The van der Waals surface area contributed by atoms with E-state index in [9.17, 15) is 9.90 Å². The number of rotatable bonds is 6. The Labute approximate surface area is 172 Å². The molecule has 4 nitrogen and oxygen atoms in total. The van der Waals surface area contributed by atoms with Gasteiger partial charge in [0.1, 0.15) is 0 Å². The molecule has 1 saturated heterocycles. The van der Waals surface area contributed by atoms with Crippen LogP contribution in [0.1, 0.15) is 59.4 Å². The van der Waals surface area contributed by atoms with Crippen molar-refractivity contribution in [1.29, 1.82) is 0 Å². The summed E-state index contributed by atoms with van der Waals surface area (Å²) in [7, 11) is -1.78. The quantitative estimate of drug-likeness (QED) is 0.579. The molecule has 1 N–H and O–H groups in total. The second-order valence-corrected chi connectivity index (χ2v) is 15.4.